The summed E-state index contributed by atoms with van der Waals surface area (Å²) in [6.45, 7) is 8.29. The summed E-state index contributed by atoms with van der Waals surface area (Å²) < 4.78 is 0. The summed E-state index contributed by atoms with van der Waals surface area (Å²) in [6, 6.07) is 0. The monoisotopic (exact) mass is 247 g/mol. The SMILES string of the molecule is C=C(C)C1(C)CN(OC)C(=O)C12C=CC(=O)C=C2. The summed E-state index contributed by atoms with van der Waals surface area (Å²) in [4.78, 5) is 28.9. The van der Waals surface area contributed by atoms with E-state index in [0.717, 1.165) is 5.57 Å². The average Bonchev–Trinajstić information content (AvgIpc) is 2.55. The Labute approximate surface area is 107 Å². The quantitative estimate of drug-likeness (QED) is 0.697. The van der Waals surface area contributed by atoms with Crippen LogP contribution < -0.4 is 0 Å². The van der Waals surface area contributed by atoms with Gasteiger partial charge in [-0.1, -0.05) is 31.2 Å². The molecule has 0 aromatic heterocycles. The van der Waals surface area contributed by atoms with Crippen molar-refractivity contribution in [1.82, 2.24) is 5.06 Å². The molecule has 96 valence electrons. The van der Waals surface area contributed by atoms with Crippen molar-refractivity contribution in [3.8, 4) is 0 Å². The van der Waals surface area contributed by atoms with Gasteiger partial charge in [-0.3, -0.25) is 14.4 Å². The lowest BCUT2D eigenvalue weighted by Crippen LogP contribution is -2.40. The van der Waals surface area contributed by atoms with Crippen LogP contribution in [0.25, 0.3) is 0 Å². The van der Waals surface area contributed by atoms with Crippen LogP contribution in [0.2, 0.25) is 0 Å². The smallest absolute Gasteiger partial charge is 0.261 e. The highest BCUT2D eigenvalue weighted by atomic mass is 16.7. The van der Waals surface area contributed by atoms with Crippen molar-refractivity contribution in [2.75, 3.05) is 13.7 Å². The lowest BCUT2D eigenvalue weighted by molar-refractivity contribution is -0.170. The first-order valence-electron chi connectivity index (χ1n) is 5.82. The van der Waals surface area contributed by atoms with E-state index in [1.807, 2.05) is 13.8 Å². The molecule has 1 heterocycles. The predicted molar refractivity (Wildman–Crippen MR) is 67.4 cm³/mol. The molecule has 0 bridgehead atoms. The maximum atomic E-state index is 12.5. The Hall–Kier alpha value is -1.68. The molecule has 18 heavy (non-hydrogen) atoms. The summed E-state index contributed by atoms with van der Waals surface area (Å²) in [5, 5.41) is 1.33. The summed E-state index contributed by atoms with van der Waals surface area (Å²) in [5.74, 6) is -0.260. The van der Waals surface area contributed by atoms with Gasteiger partial charge in [-0.25, -0.2) is 5.06 Å². The van der Waals surface area contributed by atoms with Crippen LogP contribution in [0.5, 0.6) is 0 Å². The fraction of sp³-hybridized carbons (Fsp3) is 0.429. The molecule has 2 aliphatic rings. The third-order valence-corrected chi connectivity index (χ3v) is 4.14. The van der Waals surface area contributed by atoms with E-state index in [1.165, 1.54) is 24.3 Å². The highest BCUT2D eigenvalue weighted by molar-refractivity contribution is 6.04. The number of carbonyl (C=O) groups excluding carboxylic acids is 2. The fourth-order valence-electron chi connectivity index (χ4n) is 2.62. The molecule has 1 aliphatic carbocycles. The van der Waals surface area contributed by atoms with Gasteiger partial charge in [0.05, 0.1) is 19.1 Å². The summed E-state index contributed by atoms with van der Waals surface area (Å²) in [7, 11) is 1.47. The molecule has 1 atom stereocenters. The molecule has 4 nitrogen and oxygen atoms in total. The Balaban J connectivity index is 2.58. The standard InChI is InChI=1S/C14H17NO3/c1-10(2)13(3)9-15(18-4)12(17)14(13)7-5-11(16)6-8-14/h5-8H,1,9H2,2-4H3. The normalized spacial score (nSPS) is 29.4. The number of ketones is 1. The average molecular weight is 247 g/mol. The molecule has 2 rings (SSSR count). The van der Waals surface area contributed by atoms with Crippen LogP contribution in [0.1, 0.15) is 13.8 Å². The first kappa shape index (κ1) is 12.8. The van der Waals surface area contributed by atoms with E-state index in [-0.39, 0.29) is 11.7 Å². The van der Waals surface area contributed by atoms with Gasteiger partial charge in [-0.15, -0.1) is 0 Å². The summed E-state index contributed by atoms with van der Waals surface area (Å²) in [5.41, 5.74) is -0.449. The molecule has 1 unspecified atom stereocenters. The van der Waals surface area contributed by atoms with Gasteiger partial charge in [0.25, 0.3) is 5.91 Å². The molecular formula is C14H17NO3. The van der Waals surface area contributed by atoms with Crippen LogP contribution in [-0.4, -0.2) is 30.4 Å². The lowest BCUT2D eigenvalue weighted by atomic mass is 9.61. The Morgan fingerprint density at radius 3 is 2.39 bits per heavy atom. The van der Waals surface area contributed by atoms with Crippen LogP contribution >= 0.6 is 0 Å². The molecule has 1 aliphatic heterocycles. The van der Waals surface area contributed by atoms with Gasteiger partial charge in [-0.2, -0.15) is 0 Å². The highest BCUT2D eigenvalue weighted by Crippen LogP contribution is 2.53. The molecule has 0 saturated carbocycles. The Morgan fingerprint density at radius 2 is 1.94 bits per heavy atom. The second-order valence-corrected chi connectivity index (χ2v) is 5.07. The van der Waals surface area contributed by atoms with E-state index >= 15 is 0 Å². The van der Waals surface area contributed by atoms with E-state index in [9.17, 15) is 9.59 Å². The second-order valence-electron chi connectivity index (χ2n) is 5.07. The molecule has 0 N–H and O–H groups in total. The van der Waals surface area contributed by atoms with E-state index in [0.29, 0.717) is 6.54 Å². The maximum Gasteiger partial charge on any atom is 0.261 e. The third kappa shape index (κ3) is 1.42. The van der Waals surface area contributed by atoms with Crippen molar-refractivity contribution in [3.05, 3.63) is 36.5 Å². The zero-order valence-electron chi connectivity index (χ0n) is 10.9. The van der Waals surface area contributed by atoms with Crippen molar-refractivity contribution in [2.45, 2.75) is 13.8 Å². The van der Waals surface area contributed by atoms with E-state index < -0.39 is 10.8 Å². The van der Waals surface area contributed by atoms with E-state index in [1.54, 1.807) is 12.2 Å². The van der Waals surface area contributed by atoms with Crippen LogP contribution in [0.15, 0.2) is 36.5 Å². The number of nitrogens with zero attached hydrogens (tertiary/aromatic N) is 1. The van der Waals surface area contributed by atoms with Crippen LogP contribution in [0.4, 0.5) is 0 Å². The van der Waals surface area contributed by atoms with Crippen LogP contribution in [0.3, 0.4) is 0 Å². The predicted octanol–water partition coefficient (Wildman–Crippen LogP) is 1.65. The molecule has 1 saturated heterocycles. The zero-order chi connectivity index (χ0) is 13.6. The minimum Gasteiger partial charge on any atom is -0.290 e. The third-order valence-electron chi connectivity index (χ3n) is 4.14. The van der Waals surface area contributed by atoms with Gasteiger partial charge in [0.1, 0.15) is 0 Å². The summed E-state index contributed by atoms with van der Waals surface area (Å²) >= 11 is 0. The van der Waals surface area contributed by atoms with Gasteiger partial charge >= 0.3 is 0 Å². The lowest BCUT2D eigenvalue weighted by Gasteiger charge is -2.37. The number of allylic oxidation sites excluding steroid dienone is 2. The molecule has 0 aromatic rings. The van der Waals surface area contributed by atoms with Crippen molar-refractivity contribution >= 4 is 11.7 Å². The minimum atomic E-state index is -0.858. The number of hydrogen-bond acceptors (Lipinski definition) is 3. The fourth-order valence-corrected chi connectivity index (χ4v) is 2.62. The van der Waals surface area contributed by atoms with Gasteiger partial charge in [0, 0.05) is 5.41 Å². The van der Waals surface area contributed by atoms with Crippen molar-refractivity contribution in [2.24, 2.45) is 10.8 Å². The molecule has 4 heteroatoms. The molecule has 1 amide bonds. The number of rotatable bonds is 2. The first-order valence-corrected chi connectivity index (χ1v) is 5.82. The van der Waals surface area contributed by atoms with Crippen molar-refractivity contribution < 1.29 is 14.4 Å². The van der Waals surface area contributed by atoms with Gasteiger partial charge in [0.15, 0.2) is 5.78 Å². The van der Waals surface area contributed by atoms with E-state index in [4.69, 9.17) is 4.84 Å². The zero-order valence-corrected chi connectivity index (χ0v) is 10.9. The van der Waals surface area contributed by atoms with Crippen molar-refractivity contribution in [1.29, 1.82) is 0 Å². The number of hydrogen-bond donors (Lipinski definition) is 0. The minimum absolute atomic E-state index is 0.103. The maximum absolute atomic E-state index is 12.5. The van der Waals surface area contributed by atoms with Crippen molar-refractivity contribution in [3.63, 3.8) is 0 Å². The molecular weight excluding hydrogens is 230 g/mol. The number of hydroxylamine groups is 2. The number of carbonyl (C=O) groups is 2. The largest absolute Gasteiger partial charge is 0.290 e. The van der Waals surface area contributed by atoms with Crippen LogP contribution in [-0.2, 0) is 14.4 Å². The van der Waals surface area contributed by atoms with Gasteiger partial charge in [0.2, 0.25) is 0 Å². The molecule has 1 spiro atoms. The second kappa shape index (κ2) is 3.92. The topological polar surface area (TPSA) is 46.6 Å². The Kier molecular flexibility index (Phi) is 2.78. The number of amides is 1. The van der Waals surface area contributed by atoms with E-state index in [2.05, 4.69) is 6.58 Å². The molecule has 1 fully saturated rings. The first-order chi connectivity index (χ1) is 8.37. The Bertz CT molecular complexity index is 473. The van der Waals surface area contributed by atoms with Gasteiger partial charge < -0.3 is 0 Å². The van der Waals surface area contributed by atoms with Crippen LogP contribution in [0, 0.1) is 10.8 Å². The highest BCUT2D eigenvalue weighted by Gasteiger charge is 2.60. The molecule has 0 aromatic carbocycles. The Morgan fingerprint density at radius 1 is 1.39 bits per heavy atom. The molecule has 0 radical (unpaired) electrons. The van der Waals surface area contributed by atoms with Gasteiger partial charge in [-0.05, 0) is 19.1 Å². The summed E-state index contributed by atoms with van der Waals surface area (Å²) in [6.07, 6.45) is 6.23.